The molecule has 172 valence electrons. The fourth-order valence-corrected chi connectivity index (χ4v) is 3.63. The summed E-state index contributed by atoms with van der Waals surface area (Å²) in [6.45, 7) is 3.93. The minimum atomic E-state index is -1.24. The number of amides is 1. The SMILES string of the molecule is CCn1c(=O)c(C)nc2cc(C(=O)OC(C(=O)Nc3ccc(F)cc3)c3ccccc3)ccc21. The average Bonchev–Trinajstić information content (AvgIpc) is 2.85. The summed E-state index contributed by atoms with van der Waals surface area (Å²) in [4.78, 5) is 42.7. The first-order valence-corrected chi connectivity index (χ1v) is 10.7. The second-order valence-corrected chi connectivity index (χ2v) is 7.64. The highest BCUT2D eigenvalue weighted by molar-refractivity contribution is 5.99. The molecule has 4 aromatic rings. The second-order valence-electron chi connectivity index (χ2n) is 7.64. The van der Waals surface area contributed by atoms with Crippen molar-refractivity contribution in [1.29, 1.82) is 0 Å². The minimum absolute atomic E-state index is 0.188. The van der Waals surface area contributed by atoms with Crippen LogP contribution in [0.1, 0.15) is 34.6 Å². The van der Waals surface area contributed by atoms with Crippen molar-refractivity contribution in [2.75, 3.05) is 5.32 Å². The Bertz CT molecular complexity index is 1420. The first kappa shape index (κ1) is 22.8. The molecule has 1 aromatic heterocycles. The molecule has 3 aromatic carbocycles. The molecule has 0 aliphatic heterocycles. The number of halogens is 1. The zero-order valence-corrected chi connectivity index (χ0v) is 18.6. The molecule has 0 spiro atoms. The number of anilines is 1. The van der Waals surface area contributed by atoms with Crippen molar-refractivity contribution in [3.05, 3.63) is 106 Å². The normalized spacial score (nSPS) is 11.7. The van der Waals surface area contributed by atoms with Crippen molar-refractivity contribution in [3.8, 4) is 0 Å². The van der Waals surface area contributed by atoms with Crippen LogP contribution in [0.15, 0.2) is 77.6 Å². The maximum absolute atomic E-state index is 13.2. The fourth-order valence-electron chi connectivity index (χ4n) is 3.63. The lowest BCUT2D eigenvalue weighted by molar-refractivity contribution is -0.125. The highest BCUT2D eigenvalue weighted by atomic mass is 19.1. The van der Waals surface area contributed by atoms with Crippen LogP contribution >= 0.6 is 0 Å². The Morgan fingerprint density at radius 3 is 2.44 bits per heavy atom. The van der Waals surface area contributed by atoms with Gasteiger partial charge in [0.05, 0.1) is 16.6 Å². The Morgan fingerprint density at radius 1 is 1.06 bits per heavy atom. The molecule has 0 radical (unpaired) electrons. The second kappa shape index (κ2) is 9.66. The van der Waals surface area contributed by atoms with E-state index in [4.69, 9.17) is 4.74 Å². The first-order chi connectivity index (χ1) is 16.4. The number of nitrogens with zero attached hydrogens (tertiary/aromatic N) is 2. The highest BCUT2D eigenvalue weighted by Crippen LogP contribution is 2.23. The van der Waals surface area contributed by atoms with Gasteiger partial charge in [-0.1, -0.05) is 30.3 Å². The largest absolute Gasteiger partial charge is 0.444 e. The zero-order valence-electron chi connectivity index (χ0n) is 18.6. The number of aromatic nitrogens is 2. The monoisotopic (exact) mass is 459 g/mol. The summed E-state index contributed by atoms with van der Waals surface area (Å²) in [6, 6.07) is 18.6. The zero-order chi connectivity index (χ0) is 24.2. The van der Waals surface area contributed by atoms with Gasteiger partial charge in [0.15, 0.2) is 0 Å². The Kier molecular flexibility index (Phi) is 6.49. The molecule has 0 bridgehead atoms. The van der Waals surface area contributed by atoms with Gasteiger partial charge in [-0.15, -0.1) is 0 Å². The molecular formula is C26H22FN3O4. The van der Waals surface area contributed by atoms with E-state index in [1.54, 1.807) is 47.9 Å². The molecule has 7 nitrogen and oxygen atoms in total. The molecular weight excluding hydrogens is 437 g/mol. The standard InChI is InChI=1S/C26H22FN3O4/c1-3-30-22-14-9-18(15-21(22)28-16(2)25(30)32)26(33)34-23(17-7-5-4-6-8-17)24(31)29-20-12-10-19(27)11-13-20/h4-15,23H,3H2,1-2H3,(H,29,31). The summed E-state index contributed by atoms with van der Waals surface area (Å²) in [7, 11) is 0. The molecule has 4 rings (SSSR count). The molecule has 0 aliphatic rings. The number of carbonyl (C=O) groups excluding carboxylic acids is 2. The molecule has 1 atom stereocenters. The predicted octanol–water partition coefficient (Wildman–Crippen LogP) is 4.40. The third-order valence-electron chi connectivity index (χ3n) is 5.34. The van der Waals surface area contributed by atoms with Crippen LogP contribution in [0.4, 0.5) is 10.1 Å². The highest BCUT2D eigenvalue weighted by Gasteiger charge is 2.26. The maximum Gasteiger partial charge on any atom is 0.339 e. The van der Waals surface area contributed by atoms with Gasteiger partial charge in [-0.3, -0.25) is 9.59 Å². The number of nitrogens with one attached hydrogen (secondary N) is 1. The first-order valence-electron chi connectivity index (χ1n) is 10.7. The number of ether oxygens (including phenoxy) is 1. The number of aryl methyl sites for hydroxylation is 2. The maximum atomic E-state index is 13.2. The van der Waals surface area contributed by atoms with Gasteiger partial charge >= 0.3 is 5.97 Å². The molecule has 34 heavy (non-hydrogen) atoms. The van der Waals surface area contributed by atoms with Crippen molar-refractivity contribution >= 4 is 28.6 Å². The minimum Gasteiger partial charge on any atom is -0.444 e. The smallest absolute Gasteiger partial charge is 0.339 e. The van der Waals surface area contributed by atoms with Gasteiger partial charge < -0.3 is 14.6 Å². The Balaban J connectivity index is 1.64. The lowest BCUT2D eigenvalue weighted by Crippen LogP contribution is -2.26. The molecule has 1 heterocycles. The van der Waals surface area contributed by atoms with Crippen LogP contribution in [-0.2, 0) is 16.1 Å². The molecule has 0 saturated heterocycles. The topological polar surface area (TPSA) is 90.3 Å². The number of rotatable bonds is 6. The van der Waals surface area contributed by atoms with Crippen LogP contribution in [0.3, 0.4) is 0 Å². The number of fused-ring (bicyclic) bond motifs is 1. The Morgan fingerprint density at radius 2 is 1.76 bits per heavy atom. The third-order valence-corrected chi connectivity index (χ3v) is 5.34. The Labute approximate surface area is 194 Å². The molecule has 0 fully saturated rings. The summed E-state index contributed by atoms with van der Waals surface area (Å²) < 4.78 is 20.4. The van der Waals surface area contributed by atoms with Crippen molar-refractivity contribution < 1.29 is 18.7 Å². The van der Waals surface area contributed by atoms with Gasteiger partial charge in [0.25, 0.3) is 11.5 Å². The van der Waals surface area contributed by atoms with Crippen LogP contribution in [0, 0.1) is 12.7 Å². The quantitative estimate of drug-likeness (QED) is 0.432. The molecule has 1 N–H and O–H groups in total. The Hall–Kier alpha value is -4.33. The lowest BCUT2D eigenvalue weighted by Gasteiger charge is -2.18. The van der Waals surface area contributed by atoms with E-state index in [1.165, 1.54) is 36.4 Å². The van der Waals surface area contributed by atoms with Crippen molar-refractivity contribution in [3.63, 3.8) is 0 Å². The number of esters is 1. The van der Waals surface area contributed by atoms with E-state index in [1.807, 2.05) is 6.92 Å². The van der Waals surface area contributed by atoms with Gasteiger partial charge in [0.2, 0.25) is 6.10 Å². The van der Waals surface area contributed by atoms with Gasteiger partial charge in [0.1, 0.15) is 11.5 Å². The van der Waals surface area contributed by atoms with E-state index in [2.05, 4.69) is 10.3 Å². The lowest BCUT2D eigenvalue weighted by atomic mass is 10.1. The van der Waals surface area contributed by atoms with Crippen molar-refractivity contribution in [2.45, 2.75) is 26.5 Å². The average molecular weight is 459 g/mol. The number of hydrogen-bond donors (Lipinski definition) is 1. The van der Waals surface area contributed by atoms with Crippen LogP contribution < -0.4 is 10.9 Å². The summed E-state index contributed by atoms with van der Waals surface area (Å²) in [5.74, 6) is -1.74. The summed E-state index contributed by atoms with van der Waals surface area (Å²) in [5, 5.41) is 2.65. The van der Waals surface area contributed by atoms with Crippen LogP contribution in [-0.4, -0.2) is 21.4 Å². The number of hydrogen-bond acceptors (Lipinski definition) is 5. The van der Waals surface area contributed by atoms with E-state index < -0.39 is 23.8 Å². The molecule has 0 aliphatic carbocycles. The molecule has 0 saturated carbocycles. The molecule has 1 unspecified atom stereocenters. The van der Waals surface area contributed by atoms with E-state index in [0.717, 1.165) is 0 Å². The van der Waals surface area contributed by atoms with E-state index >= 15 is 0 Å². The van der Waals surface area contributed by atoms with Gasteiger partial charge in [-0.25, -0.2) is 14.2 Å². The van der Waals surface area contributed by atoms with Gasteiger partial charge in [-0.2, -0.15) is 0 Å². The molecule has 8 heteroatoms. The van der Waals surface area contributed by atoms with Crippen LogP contribution in [0.25, 0.3) is 11.0 Å². The van der Waals surface area contributed by atoms with Crippen molar-refractivity contribution in [2.24, 2.45) is 0 Å². The van der Waals surface area contributed by atoms with E-state index in [9.17, 15) is 18.8 Å². The third kappa shape index (κ3) is 4.71. The van der Waals surface area contributed by atoms with Gasteiger partial charge in [-0.05, 0) is 56.3 Å². The van der Waals surface area contributed by atoms with Gasteiger partial charge in [0, 0.05) is 17.8 Å². The van der Waals surface area contributed by atoms with Crippen LogP contribution in [0.2, 0.25) is 0 Å². The van der Waals surface area contributed by atoms with Crippen LogP contribution in [0.5, 0.6) is 0 Å². The van der Waals surface area contributed by atoms with E-state index in [0.29, 0.717) is 34.5 Å². The summed E-state index contributed by atoms with van der Waals surface area (Å²) >= 11 is 0. The number of carbonyl (C=O) groups is 2. The summed E-state index contributed by atoms with van der Waals surface area (Å²) in [6.07, 6.45) is -1.24. The molecule has 1 amide bonds. The fraction of sp³-hybridized carbons (Fsp3) is 0.154. The van der Waals surface area contributed by atoms with Crippen molar-refractivity contribution in [1.82, 2.24) is 9.55 Å². The van der Waals surface area contributed by atoms with E-state index in [-0.39, 0.29) is 11.1 Å². The number of benzene rings is 3. The predicted molar refractivity (Wildman–Crippen MR) is 126 cm³/mol. The summed E-state index contributed by atoms with van der Waals surface area (Å²) in [5.41, 5.74) is 2.24.